The molecular formula is C19H32N4O. The fourth-order valence-electron chi connectivity index (χ4n) is 3.00. The van der Waals surface area contributed by atoms with Crippen LogP contribution in [0.15, 0.2) is 29.3 Å². The zero-order valence-electron chi connectivity index (χ0n) is 15.2. The maximum Gasteiger partial charge on any atom is 0.191 e. The molecule has 0 spiro atoms. The van der Waals surface area contributed by atoms with Crippen LogP contribution in [0.2, 0.25) is 0 Å². The molecule has 1 heterocycles. The van der Waals surface area contributed by atoms with Gasteiger partial charge in [-0.15, -0.1) is 0 Å². The van der Waals surface area contributed by atoms with E-state index in [1.807, 2.05) is 0 Å². The molecule has 0 bridgehead atoms. The third kappa shape index (κ3) is 6.04. The van der Waals surface area contributed by atoms with Gasteiger partial charge in [0.25, 0.3) is 0 Å². The van der Waals surface area contributed by atoms with Gasteiger partial charge in [0.15, 0.2) is 5.96 Å². The topological polar surface area (TPSA) is 54.1 Å². The van der Waals surface area contributed by atoms with Gasteiger partial charge < -0.3 is 15.4 Å². The van der Waals surface area contributed by atoms with Crippen molar-refractivity contribution in [3.05, 3.63) is 29.8 Å². The molecule has 1 aromatic rings. The Morgan fingerprint density at radius 1 is 1.17 bits per heavy atom. The second-order valence-corrected chi connectivity index (χ2v) is 6.20. The Morgan fingerprint density at radius 2 is 1.83 bits per heavy atom. The molecule has 0 unspecified atom stereocenters. The molecule has 0 saturated carbocycles. The van der Waals surface area contributed by atoms with Gasteiger partial charge >= 0.3 is 0 Å². The number of hydrogen-bond acceptors (Lipinski definition) is 3. The van der Waals surface area contributed by atoms with Crippen molar-refractivity contribution >= 4 is 5.96 Å². The number of hydrogen-bond donors (Lipinski definition) is 1. The van der Waals surface area contributed by atoms with Crippen LogP contribution >= 0.6 is 0 Å². The fourth-order valence-corrected chi connectivity index (χ4v) is 3.00. The lowest BCUT2D eigenvalue weighted by molar-refractivity contribution is 0.238. The van der Waals surface area contributed by atoms with Crippen LogP contribution in [0.1, 0.15) is 32.3 Å². The first kappa shape index (κ1) is 18.6. The van der Waals surface area contributed by atoms with E-state index in [0.717, 1.165) is 45.0 Å². The maximum absolute atomic E-state index is 5.99. The minimum absolute atomic E-state index is 0.641. The van der Waals surface area contributed by atoms with E-state index in [1.54, 1.807) is 0 Å². The van der Waals surface area contributed by atoms with Crippen LogP contribution in [0, 0.1) is 0 Å². The van der Waals surface area contributed by atoms with Crippen LogP contribution in [0.25, 0.3) is 0 Å². The number of guanidine groups is 1. The average Bonchev–Trinajstić information content (AvgIpc) is 3.11. The summed E-state index contributed by atoms with van der Waals surface area (Å²) in [6, 6.07) is 8.34. The van der Waals surface area contributed by atoms with Crippen molar-refractivity contribution < 1.29 is 4.74 Å². The molecule has 1 aliphatic heterocycles. The highest BCUT2D eigenvalue weighted by Crippen LogP contribution is 2.13. The lowest BCUT2D eigenvalue weighted by atomic mass is 10.1. The first-order valence-electron chi connectivity index (χ1n) is 9.22. The van der Waals surface area contributed by atoms with Gasteiger partial charge in [0.2, 0.25) is 0 Å². The number of nitrogens with zero attached hydrogens (tertiary/aromatic N) is 3. The molecule has 2 N–H and O–H groups in total. The molecule has 1 fully saturated rings. The number of nitrogens with two attached hydrogens (primary N) is 1. The molecule has 0 radical (unpaired) electrons. The molecule has 1 aliphatic rings. The SMILES string of the molecule is CCN(CC)C(N)=NCCc1ccc(OCCN2CCCC2)cc1. The van der Waals surface area contributed by atoms with E-state index in [2.05, 4.69) is 52.9 Å². The van der Waals surface area contributed by atoms with Gasteiger partial charge in [-0.2, -0.15) is 0 Å². The molecule has 134 valence electrons. The largest absolute Gasteiger partial charge is 0.492 e. The number of aliphatic imine (C=N–C) groups is 1. The van der Waals surface area contributed by atoms with Crippen LogP contribution in [0.3, 0.4) is 0 Å². The highest BCUT2D eigenvalue weighted by molar-refractivity contribution is 5.77. The summed E-state index contributed by atoms with van der Waals surface area (Å²) in [6.07, 6.45) is 3.56. The summed E-state index contributed by atoms with van der Waals surface area (Å²) in [7, 11) is 0. The van der Waals surface area contributed by atoms with Crippen LogP contribution in [-0.2, 0) is 6.42 Å². The van der Waals surface area contributed by atoms with E-state index in [1.165, 1.54) is 31.5 Å². The van der Waals surface area contributed by atoms with E-state index in [-0.39, 0.29) is 0 Å². The monoisotopic (exact) mass is 332 g/mol. The van der Waals surface area contributed by atoms with E-state index < -0.39 is 0 Å². The summed E-state index contributed by atoms with van der Waals surface area (Å²) in [5.74, 6) is 1.59. The highest BCUT2D eigenvalue weighted by Gasteiger charge is 2.10. The van der Waals surface area contributed by atoms with E-state index >= 15 is 0 Å². The molecule has 1 saturated heterocycles. The smallest absolute Gasteiger partial charge is 0.191 e. The summed E-state index contributed by atoms with van der Waals surface area (Å²) in [6.45, 7) is 10.9. The van der Waals surface area contributed by atoms with Crippen LogP contribution in [0.4, 0.5) is 0 Å². The quantitative estimate of drug-likeness (QED) is 0.557. The molecule has 0 aromatic heterocycles. The first-order valence-corrected chi connectivity index (χ1v) is 9.22. The summed E-state index contributed by atoms with van der Waals surface area (Å²) in [4.78, 5) is 8.99. The normalized spacial score (nSPS) is 15.7. The molecule has 5 heteroatoms. The zero-order valence-corrected chi connectivity index (χ0v) is 15.2. The van der Waals surface area contributed by atoms with Gasteiger partial charge in [0.05, 0.1) is 0 Å². The summed E-state index contributed by atoms with van der Waals surface area (Å²) in [5.41, 5.74) is 7.25. The van der Waals surface area contributed by atoms with Crippen molar-refractivity contribution in [2.75, 3.05) is 45.9 Å². The zero-order chi connectivity index (χ0) is 17.2. The summed E-state index contributed by atoms with van der Waals surface area (Å²) in [5, 5.41) is 0. The van der Waals surface area contributed by atoms with Gasteiger partial charge in [-0.05, 0) is 63.9 Å². The molecule has 5 nitrogen and oxygen atoms in total. The summed E-state index contributed by atoms with van der Waals surface area (Å²) < 4.78 is 5.83. The minimum atomic E-state index is 0.641. The van der Waals surface area contributed by atoms with Gasteiger partial charge in [-0.25, -0.2) is 0 Å². The highest BCUT2D eigenvalue weighted by atomic mass is 16.5. The number of benzene rings is 1. The predicted molar refractivity (Wildman–Crippen MR) is 101 cm³/mol. The van der Waals surface area contributed by atoms with Crippen molar-refractivity contribution in [2.24, 2.45) is 10.7 Å². The van der Waals surface area contributed by atoms with Crippen molar-refractivity contribution in [2.45, 2.75) is 33.1 Å². The Morgan fingerprint density at radius 3 is 2.46 bits per heavy atom. The Balaban J connectivity index is 1.70. The lowest BCUT2D eigenvalue weighted by Gasteiger charge is -2.19. The van der Waals surface area contributed by atoms with Gasteiger partial charge in [-0.1, -0.05) is 12.1 Å². The van der Waals surface area contributed by atoms with Gasteiger partial charge in [0, 0.05) is 26.2 Å². The van der Waals surface area contributed by atoms with Crippen molar-refractivity contribution in [3.8, 4) is 5.75 Å². The van der Waals surface area contributed by atoms with E-state index in [0.29, 0.717) is 5.96 Å². The molecule has 2 rings (SSSR count). The molecular weight excluding hydrogens is 300 g/mol. The number of rotatable bonds is 9. The predicted octanol–water partition coefficient (Wildman–Crippen LogP) is 2.36. The van der Waals surface area contributed by atoms with Crippen LogP contribution in [-0.4, -0.2) is 61.6 Å². The Kier molecular flexibility index (Phi) is 7.89. The van der Waals surface area contributed by atoms with Gasteiger partial charge in [-0.3, -0.25) is 9.89 Å². The molecule has 24 heavy (non-hydrogen) atoms. The molecule has 0 atom stereocenters. The Hall–Kier alpha value is -1.75. The first-order chi connectivity index (χ1) is 11.7. The van der Waals surface area contributed by atoms with Crippen molar-refractivity contribution in [1.82, 2.24) is 9.80 Å². The molecule has 1 aromatic carbocycles. The molecule has 0 amide bonds. The Labute approximate surface area is 146 Å². The third-order valence-electron chi connectivity index (χ3n) is 4.56. The average molecular weight is 332 g/mol. The van der Waals surface area contributed by atoms with Crippen molar-refractivity contribution in [1.29, 1.82) is 0 Å². The number of ether oxygens (including phenoxy) is 1. The van der Waals surface area contributed by atoms with Crippen molar-refractivity contribution in [3.63, 3.8) is 0 Å². The standard InChI is InChI=1S/C19H32N4O/c1-3-23(4-2)19(20)21-12-11-17-7-9-18(10-8-17)24-16-15-22-13-5-6-14-22/h7-10H,3-6,11-16H2,1-2H3,(H2,20,21). The fraction of sp³-hybridized carbons (Fsp3) is 0.632. The Bertz CT molecular complexity index is 491. The van der Waals surface area contributed by atoms with Gasteiger partial charge in [0.1, 0.15) is 12.4 Å². The van der Waals surface area contributed by atoms with Crippen LogP contribution in [0.5, 0.6) is 5.75 Å². The maximum atomic E-state index is 5.99. The second kappa shape index (κ2) is 10.2. The van der Waals surface area contributed by atoms with E-state index in [9.17, 15) is 0 Å². The summed E-state index contributed by atoms with van der Waals surface area (Å²) >= 11 is 0. The minimum Gasteiger partial charge on any atom is -0.492 e. The van der Waals surface area contributed by atoms with Crippen LogP contribution < -0.4 is 10.5 Å². The molecule has 0 aliphatic carbocycles. The van der Waals surface area contributed by atoms with E-state index in [4.69, 9.17) is 10.5 Å². The second-order valence-electron chi connectivity index (χ2n) is 6.20. The lowest BCUT2D eigenvalue weighted by Crippen LogP contribution is -2.37. The third-order valence-corrected chi connectivity index (χ3v) is 4.56. The number of likely N-dealkylation sites (tertiary alicyclic amines) is 1.